The summed E-state index contributed by atoms with van der Waals surface area (Å²) < 4.78 is 10.4. The molecule has 1 aromatic heterocycles. The number of halogens is 1. The van der Waals surface area contributed by atoms with Crippen molar-refractivity contribution in [1.29, 1.82) is 0 Å². The summed E-state index contributed by atoms with van der Waals surface area (Å²) in [6, 6.07) is 8.33. The first kappa shape index (κ1) is 15.1. The van der Waals surface area contributed by atoms with Gasteiger partial charge in [0.1, 0.15) is 16.7 Å². The largest absolute Gasteiger partial charge is 0.497 e. The Labute approximate surface area is 127 Å². The second-order valence-electron chi connectivity index (χ2n) is 4.34. The van der Waals surface area contributed by atoms with Crippen LogP contribution in [-0.2, 0) is 0 Å². The first-order valence-corrected chi connectivity index (χ1v) is 6.59. The molecule has 1 N–H and O–H groups in total. The topological polar surface area (TPSA) is 60.5 Å². The number of methoxy groups -OCH3 is 2. The van der Waals surface area contributed by atoms with Crippen LogP contribution in [0.2, 0.25) is 5.15 Å². The molecule has 0 fully saturated rings. The van der Waals surface area contributed by atoms with Crippen LogP contribution < -0.4 is 14.8 Å². The van der Waals surface area contributed by atoms with E-state index in [0.717, 1.165) is 0 Å². The zero-order valence-corrected chi connectivity index (χ0v) is 12.7. The Morgan fingerprint density at radius 3 is 2.57 bits per heavy atom. The average Bonchev–Trinajstić information content (AvgIpc) is 2.46. The Hall–Kier alpha value is -2.27. The van der Waals surface area contributed by atoms with Gasteiger partial charge in [0.2, 0.25) is 0 Å². The van der Waals surface area contributed by atoms with Gasteiger partial charge in [0, 0.05) is 17.3 Å². The van der Waals surface area contributed by atoms with Crippen molar-refractivity contribution in [2.24, 2.45) is 0 Å². The summed E-state index contributed by atoms with van der Waals surface area (Å²) in [5.41, 5.74) is 1.62. The Morgan fingerprint density at radius 1 is 1.19 bits per heavy atom. The first-order valence-electron chi connectivity index (χ1n) is 6.21. The van der Waals surface area contributed by atoms with Crippen LogP contribution in [-0.4, -0.2) is 25.1 Å². The lowest BCUT2D eigenvalue weighted by Gasteiger charge is -2.12. The van der Waals surface area contributed by atoms with E-state index in [-0.39, 0.29) is 11.1 Å². The molecule has 0 saturated heterocycles. The minimum atomic E-state index is -0.297. The zero-order valence-electron chi connectivity index (χ0n) is 11.9. The fourth-order valence-corrected chi connectivity index (χ4v) is 2.12. The lowest BCUT2D eigenvalue weighted by atomic mass is 10.2. The molecule has 2 rings (SSSR count). The van der Waals surface area contributed by atoms with Crippen LogP contribution >= 0.6 is 11.6 Å². The number of nitrogens with zero attached hydrogens (tertiary/aromatic N) is 1. The van der Waals surface area contributed by atoms with Crippen LogP contribution in [0.15, 0.2) is 30.3 Å². The van der Waals surface area contributed by atoms with Gasteiger partial charge in [-0.25, -0.2) is 4.98 Å². The Bertz CT molecular complexity index is 654. The maximum atomic E-state index is 12.3. The Balaban J connectivity index is 2.30. The molecule has 5 nitrogen and oxygen atoms in total. The summed E-state index contributed by atoms with van der Waals surface area (Å²) in [6.45, 7) is 1.77. The minimum absolute atomic E-state index is 0.276. The summed E-state index contributed by atoms with van der Waals surface area (Å²) >= 11 is 5.87. The van der Waals surface area contributed by atoms with Gasteiger partial charge in [-0.05, 0) is 31.2 Å². The van der Waals surface area contributed by atoms with E-state index in [9.17, 15) is 4.79 Å². The van der Waals surface area contributed by atoms with Crippen molar-refractivity contribution in [3.63, 3.8) is 0 Å². The molecule has 0 bridgehead atoms. The van der Waals surface area contributed by atoms with Crippen LogP contribution in [0.1, 0.15) is 16.1 Å². The van der Waals surface area contributed by atoms with Gasteiger partial charge in [0.05, 0.1) is 19.9 Å². The number of hydrogen-bond donors (Lipinski definition) is 1. The number of benzene rings is 1. The molecule has 6 heteroatoms. The molecule has 0 radical (unpaired) electrons. The van der Waals surface area contributed by atoms with Crippen LogP contribution in [0, 0.1) is 6.92 Å². The number of anilines is 1. The molecule has 0 aliphatic rings. The van der Waals surface area contributed by atoms with Crippen molar-refractivity contribution in [1.82, 2.24) is 4.98 Å². The molecule has 1 aromatic carbocycles. The van der Waals surface area contributed by atoms with Gasteiger partial charge in [-0.3, -0.25) is 4.79 Å². The second kappa shape index (κ2) is 6.45. The number of carbonyl (C=O) groups excluding carboxylic acids is 1. The number of aryl methyl sites for hydroxylation is 1. The number of ether oxygens (including phenoxy) is 2. The molecular formula is C15H15ClN2O3. The summed E-state index contributed by atoms with van der Waals surface area (Å²) in [4.78, 5) is 16.3. The van der Waals surface area contributed by atoms with E-state index in [0.29, 0.717) is 28.4 Å². The molecule has 0 atom stereocenters. The number of pyridine rings is 1. The molecule has 21 heavy (non-hydrogen) atoms. The van der Waals surface area contributed by atoms with Gasteiger partial charge >= 0.3 is 0 Å². The van der Waals surface area contributed by atoms with Crippen molar-refractivity contribution >= 4 is 23.2 Å². The van der Waals surface area contributed by atoms with Crippen molar-refractivity contribution in [2.45, 2.75) is 6.92 Å². The van der Waals surface area contributed by atoms with Crippen LogP contribution in [0.4, 0.5) is 5.69 Å². The molecule has 0 unspecified atom stereocenters. The highest BCUT2D eigenvalue weighted by Gasteiger charge is 2.12. The molecule has 0 aliphatic heterocycles. The fraction of sp³-hybridized carbons (Fsp3) is 0.200. The lowest BCUT2D eigenvalue weighted by Crippen LogP contribution is -2.13. The van der Waals surface area contributed by atoms with E-state index in [4.69, 9.17) is 21.1 Å². The monoisotopic (exact) mass is 306 g/mol. The number of carbonyl (C=O) groups is 1. The standard InChI is InChI=1S/C15H15ClN2O3/c1-9-6-10(7-14(16)17-9)15(19)18-12-8-11(20-2)4-5-13(12)21-3/h4-8H,1-3H3,(H,18,19). The molecule has 110 valence electrons. The van der Waals surface area contributed by atoms with Gasteiger partial charge in [-0.2, -0.15) is 0 Å². The fourth-order valence-electron chi connectivity index (χ4n) is 1.87. The van der Waals surface area contributed by atoms with Crippen molar-refractivity contribution in [3.8, 4) is 11.5 Å². The molecule has 1 heterocycles. The normalized spacial score (nSPS) is 10.1. The van der Waals surface area contributed by atoms with E-state index in [1.807, 2.05) is 0 Å². The molecule has 0 aliphatic carbocycles. The first-order chi connectivity index (χ1) is 10.0. The summed E-state index contributed by atoms with van der Waals surface area (Å²) in [7, 11) is 3.09. The van der Waals surface area contributed by atoms with Crippen molar-refractivity contribution < 1.29 is 14.3 Å². The van der Waals surface area contributed by atoms with E-state index in [1.165, 1.54) is 13.2 Å². The highest BCUT2D eigenvalue weighted by Crippen LogP contribution is 2.29. The van der Waals surface area contributed by atoms with E-state index in [2.05, 4.69) is 10.3 Å². The quantitative estimate of drug-likeness (QED) is 0.880. The van der Waals surface area contributed by atoms with Gasteiger partial charge < -0.3 is 14.8 Å². The minimum Gasteiger partial charge on any atom is -0.497 e. The molecule has 1 amide bonds. The third-order valence-electron chi connectivity index (χ3n) is 2.84. The number of rotatable bonds is 4. The summed E-state index contributed by atoms with van der Waals surface area (Å²) in [5, 5.41) is 3.05. The lowest BCUT2D eigenvalue weighted by molar-refractivity contribution is 0.102. The van der Waals surface area contributed by atoms with E-state index in [1.54, 1.807) is 38.3 Å². The van der Waals surface area contributed by atoms with Crippen LogP contribution in [0.3, 0.4) is 0 Å². The molecular weight excluding hydrogens is 292 g/mol. The van der Waals surface area contributed by atoms with Crippen molar-refractivity contribution in [3.05, 3.63) is 46.7 Å². The highest BCUT2D eigenvalue weighted by atomic mass is 35.5. The van der Waals surface area contributed by atoms with Crippen LogP contribution in [0.25, 0.3) is 0 Å². The number of hydrogen-bond acceptors (Lipinski definition) is 4. The maximum absolute atomic E-state index is 12.3. The van der Waals surface area contributed by atoms with E-state index >= 15 is 0 Å². The van der Waals surface area contributed by atoms with Crippen molar-refractivity contribution in [2.75, 3.05) is 19.5 Å². The summed E-state index contributed by atoms with van der Waals surface area (Å²) in [5.74, 6) is 0.866. The van der Waals surface area contributed by atoms with Gasteiger partial charge in [-0.1, -0.05) is 11.6 Å². The van der Waals surface area contributed by atoms with Gasteiger partial charge in [0.15, 0.2) is 0 Å². The third kappa shape index (κ3) is 3.64. The molecule has 2 aromatic rings. The third-order valence-corrected chi connectivity index (χ3v) is 3.03. The Morgan fingerprint density at radius 2 is 1.95 bits per heavy atom. The SMILES string of the molecule is COc1ccc(OC)c(NC(=O)c2cc(C)nc(Cl)c2)c1. The van der Waals surface area contributed by atoms with Gasteiger partial charge in [0.25, 0.3) is 5.91 Å². The predicted octanol–water partition coefficient (Wildman–Crippen LogP) is 3.31. The summed E-state index contributed by atoms with van der Waals surface area (Å²) in [6.07, 6.45) is 0. The Kier molecular flexibility index (Phi) is 4.65. The smallest absolute Gasteiger partial charge is 0.255 e. The number of aromatic nitrogens is 1. The van der Waals surface area contributed by atoms with Gasteiger partial charge in [-0.15, -0.1) is 0 Å². The average molecular weight is 307 g/mol. The molecule has 0 saturated carbocycles. The predicted molar refractivity (Wildman–Crippen MR) is 81.5 cm³/mol. The second-order valence-corrected chi connectivity index (χ2v) is 4.73. The molecule has 0 spiro atoms. The highest BCUT2D eigenvalue weighted by molar-refractivity contribution is 6.29. The zero-order chi connectivity index (χ0) is 15.4. The number of amides is 1. The van der Waals surface area contributed by atoms with Crippen LogP contribution in [0.5, 0.6) is 11.5 Å². The van der Waals surface area contributed by atoms with E-state index < -0.39 is 0 Å². The maximum Gasteiger partial charge on any atom is 0.255 e. The number of nitrogens with one attached hydrogen (secondary N) is 1.